The van der Waals surface area contributed by atoms with Crippen LogP contribution in [-0.2, 0) is 6.42 Å². The number of fused-ring (bicyclic) bond motifs is 9. The molecule has 53 heavy (non-hydrogen) atoms. The van der Waals surface area contributed by atoms with Gasteiger partial charge in [-0.2, -0.15) is 0 Å². The van der Waals surface area contributed by atoms with Crippen LogP contribution < -0.4 is 0 Å². The zero-order chi connectivity index (χ0) is 35.2. The molecule has 0 fully saturated rings. The Balaban J connectivity index is 1.20. The van der Waals surface area contributed by atoms with Crippen molar-refractivity contribution in [3.05, 3.63) is 162 Å². The van der Waals surface area contributed by atoms with Gasteiger partial charge in [-0.25, -0.2) is 15.0 Å². The summed E-state index contributed by atoms with van der Waals surface area (Å²) in [6.45, 7) is 4.81. The summed E-state index contributed by atoms with van der Waals surface area (Å²) in [6.07, 6.45) is 11.6. The van der Waals surface area contributed by atoms with Crippen LogP contribution in [0.5, 0.6) is 0 Å². The predicted molar refractivity (Wildman–Crippen MR) is 216 cm³/mol. The molecule has 0 saturated heterocycles. The zero-order valence-corrected chi connectivity index (χ0v) is 29.6. The van der Waals surface area contributed by atoms with Gasteiger partial charge in [0.05, 0.1) is 16.6 Å². The number of rotatable bonds is 4. The highest BCUT2D eigenvalue weighted by Crippen LogP contribution is 2.51. The minimum absolute atomic E-state index is 0.332. The maximum Gasteiger partial charge on any atom is 0.154 e. The number of nitrogens with zero attached hydrogens (tertiary/aromatic N) is 5. The quantitative estimate of drug-likeness (QED) is 0.201. The van der Waals surface area contributed by atoms with E-state index in [0.717, 1.165) is 35.7 Å². The van der Waals surface area contributed by atoms with Gasteiger partial charge in [-0.05, 0) is 131 Å². The van der Waals surface area contributed by atoms with Crippen molar-refractivity contribution in [3.63, 3.8) is 0 Å². The van der Waals surface area contributed by atoms with E-state index in [0.29, 0.717) is 11.8 Å². The van der Waals surface area contributed by atoms with Crippen molar-refractivity contribution in [1.82, 2.24) is 29.1 Å². The largest absolute Gasteiger partial charge is 0.345 e. The van der Waals surface area contributed by atoms with Crippen LogP contribution in [0, 0.1) is 0 Å². The van der Waals surface area contributed by atoms with Gasteiger partial charge in [0, 0.05) is 69.1 Å². The Hall–Kier alpha value is -6.53. The van der Waals surface area contributed by atoms with Crippen LogP contribution in [0.15, 0.2) is 134 Å². The summed E-state index contributed by atoms with van der Waals surface area (Å²) >= 11 is 0. The molecule has 6 heteroatoms. The van der Waals surface area contributed by atoms with Gasteiger partial charge in [0.25, 0.3) is 0 Å². The lowest BCUT2D eigenvalue weighted by Crippen LogP contribution is -2.13. The predicted octanol–water partition coefficient (Wildman–Crippen LogP) is 11.3. The van der Waals surface area contributed by atoms with E-state index in [-0.39, 0.29) is 0 Å². The molecule has 1 N–H and O–H groups in total. The zero-order valence-electron chi connectivity index (χ0n) is 29.6. The molecule has 6 nitrogen and oxygen atoms in total. The van der Waals surface area contributed by atoms with Crippen LogP contribution in [0.1, 0.15) is 60.3 Å². The van der Waals surface area contributed by atoms with Gasteiger partial charge in [0.15, 0.2) is 5.82 Å². The number of H-pyrrole nitrogens is 1. The van der Waals surface area contributed by atoms with Crippen molar-refractivity contribution >= 4 is 44.4 Å². The molecular formula is C47H36N6. The molecule has 0 amide bonds. The lowest BCUT2D eigenvalue weighted by atomic mass is 9.72. The molecule has 11 rings (SSSR count). The summed E-state index contributed by atoms with van der Waals surface area (Å²) in [7, 11) is 0. The molecule has 0 aliphatic heterocycles. The molecule has 254 valence electrons. The van der Waals surface area contributed by atoms with Crippen LogP contribution >= 0.6 is 0 Å². The van der Waals surface area contributed by atoms with Crippen molar-refractivity contribution in [2.45, 2.75) is 38.5 Å². The van der Waals surface area contributed by atoms with Crippen LogP contribution in [0.4, 0.5) is 0 Å². The van der Waals surface area contributed by atoms with Gasteiger partial charge >= 0.3 is 0 Å². The Kier molecular flexibility index (Phi) is 6.53. The first kappa shape index (κ1) is 30.1. The highest BCUT2D eigenvalue weighted by molar-refractivity contribution is 6.12. The van der Waals surface area contributed by atoms with Crippen LogP contribution in [0.25, 0.3) is 78.2 Å². The first-order valence-corrected chi connectivity index (χ1v) is 18.5. The molecule has 4 aromatic heterocycles. The van der Waals surface area contributed by atoms with E-state index in [9.17, 15) is 0 Å². The molecule has 0 spiro atoms. The van der Waals surface area contributed by atoms with E-state index < -0.39 is 0 Å². The summed E-state index contributed by atoms with van der Waals surface area (Å²) in [5.41, 5.74) is 16.4. The first-order valence-electron chi connectivity index (χ1n) is 18.5. The highest BCUT2D eigenvalue weighted by atomic mass is 15.0. The summed E-state index contributed by atoms with van der Waals surface area (Å²) in [5, 5.41) is 3.80. The smallest absolute Gasteiger partial charge is 0.154 e. The SMILES string of the molecule is CC1c2cc3c4c(n(-c5ccccc5)c3cc2-c2cc3c(cc2C1C)c1cc(-c2ncc[nH]2)ccc1n3-c1ccccc1)CCC(c1ncccn1)=C4. The number of aromatic amines is 1. The summed E-state index contributed by atoms with van der Waals surface area (Å²) in [5.74, 6) is 2.37. The molecule has 2 unspecified atom stereocenters. The van der Waals surface area contributed by atoms with Crippen LogP contribution in [-0.4, -0.2) is 29.1 Å². The summed E-state index contributed by atoms with van der Waals surface area (Å²) in [6, 6.07) is 40.2. The molecule has 0 saturated carbocycles. The Morgan fingerprint density at radius 3 is 1.91 bits per heavy atom. The topological polar surface area (TPSA) is 64.3 Å². The molecular weight excluding hydrogens is 649 g/mol. The molecule has 0 bridgehead atoms. The van der Waals surface area contributed by atoms with Crippen molar-refractivity contribution in [2.24, 2.45) is 0 Å². The number of benzene rings is 5. The van der Waals surface area contributed by atoms with Crippen molar-refractivity contribution in [3.8, 4) is 33.9 Å². The number of imidazole rings is 1. The molecule has 2 atom stereocenters. The summed E-state index contributed by atoms with van der Waals surface area (Å²) in [4.78, 5) is 17.2. The van der Waals surface area contributed by atoms with Crippen molar-refractivity contribution in [2.75, 3.05) is 0 Å². The maximum absolute atomic E-state index is 4.63. The number of hydrogen-bond donors (Lipinski definition) is 1. The van der Waals surface area contributed by atoms with Crippen LogP contribution in [0.3, 0.4) is 0 Å². The lowest BCUT2D eigenvalue weighted by Gasteiger charge is -2.32. The lowest BCUT2D eigenvalue weighted by molar-refractivity contribution is 0.617. The third kappa shape index (κ3) is 4.48. The van der Waals surface area contributed by atoms with Crippen molar-refractivity contribution < 1.29 is 0 Å². The van der Waals surface area contributed by atoms with Gasteiger partial charge in [0.2, 0.25) is 0 Å². The van der Waals surface area contributed by atoms with E-state index in [1.54, 1.807) is 0 Å². The number of hydrogen-bond acceptors (Lipinski definition) is 3. The monoisotopic (exact) mass is 684 g/mol. The minimum atomic E-state index is 0.332. The fraction of sp³-hybridized carbons (Fsp3) is 0.128. The number of nitrogens with one attached hydrogen (secondary N) is 1. The molecule has 4 heterocycles. The molecule has 9 aromatic rings. The average molecular weight is 685 g/mol. The maximum atomic E-state index is 4.63. The second-order valence-corrected chi connectivity index (χ2v) is 14.6. The number of allylic oxidation sites excluding steroid dienone is 1. The second-order valence-electron chi connectivity index (χ2n) is 14.6. The number of aromatic nitrogens is 6. The average Bonchev–Trinajstić information content (AvgIpc) is 3.95. The molecule has 5 aromatic carbocycles. The molecule has 2 aliphatic rings. The Morgan fingerprint density at radius 1 is 0.585 bits per heavy atom. The fourth-order valence-electron chi connectivity index (χ4n) is 9.11. The fourth-order valence-corrected chi connectivity index (χ4v) is 9.11. The molecule has 0 radical (unpaired) electrons. The number of para-hydroxylation sites is 2. The van der Waals surface area contributed by atoms with Gasteiger partial charge < -0.3 is 14.1 Å². The van der Waals surface area contributed by atoms with Gasteiger partial charge in [-0.15, -0.1) is 0 Å². The van der Waals surface area contributed by atoms with E-state index in [2.05, 4.69) is 152 Å². The van der Waals surface area contributed by atoms with Gasteiger partial charge in [-0.1, -0.05) is 50.2 Å². The summed E-state index contributed by atoms with van der Waals surface area (Å²) < 4.78 is 4.93. The van der Waals surface area contributed by atoms with E-state index in [4.69, 9.17) is 0 Å². The first-order chi connectivity index (χ1) is 26.1. The van der Waals surface area contributed by atoms with Crippen molar-refractivity contribution in [1.29, 1.82) is 0 Å². The third-order valence-electron chi connectivity index (χ3n) is 11.8. The Bertz CT molecular complexity index is 2900. The van der Waals surface area contributed by atoms with E-state index in [1.165, 1.54) is 77.5 Å². The van der Waals surface area contributed by atoms with Crippen LogP contribution in [0.2, 0.25) is 0 Å². The highest BCUT2D eigenvalue weighted by Gasteiger charge is 2.32. The Labute approximate surface area is 307 Å². The minimum Gasteiger partial charge on any atom is -0.345 e. The normalized spacial score (nSPS) is 16.5. The Morgan fingerprint density at radius 2 is 1.23 bits per heavy atom. The van der Waals surface area contributed by atoms with E-state index >= 15 is 0 Å². The van der Waals surface area contributed by atoms with Gasteiger partial charge in [0.1, 0.15) is 5.82 Å². The second kappa shape index (κ2) is 11.5. The van der Waals surface area contributed by atoms with Gasteiger partial charge in [-0.3, -0.25) is 0 Å². The molecule has 2 aliphatic carbocycles. The van der Waals surface area contributed by atoms with E-state index in [1.807, 2.05) is 30.9 Å². The standard InChI is InChI=1S/C47H36N6/c1-28-29(2)35-25-41-39-23-31(47-50-20-21-51-47)15-17-43(39)53(33-12-7-4-8-13-33)45(41)27-37(35)36-26-44-40(24-34(28)36)38-22-30(46-48-18-9-19-49-46)14-16-42(38)52(44)32-10-5-3-6-11-32/h3-13,15,17-29H,14,16H2,1-2H3,(H,50,51). The third-order valence-corrected chi connectivity index (χ3v) is 11.8.